The lowest BCUT2D eigenvalue weighted by Gasteiger charge is -2.08. The minimum atomic E-state index is -0.682. The molecule has 1 aromatic rings. The number of aryl methyl sites for hydroxylation is 1. The van der Waals surface area contributed by atoms with Gasteiger partial charge in [-0.25, -0.2) is 0 Å². The van der Waals surface area contributed by atoms with Crippen molar-refractivity contribution in [1.82, 2.24) is 0 Å². The van der Waals surface area contributed by atoms with Crippen molar-refractivity contribution in [3.8, 4) is 11.8 Å². The van der Waals surface area contributed by atoms with Gasteiger partial charge in [0, 0.05) is 12.8 Å². The monoisotopic (exact) mass is 230 g/mol. The second-order valence-electron chi connectivity index (χ2n) is 4.75. The van der Waals surface area contributed by atoms with Gasteiger partial charge < -0.3 is 10.2 Å². The van der Waals surface area contributed by atoms with Crippen LogP contribution in [-0.4, -0.2) is 21.9 Å². The van der Waals surface area contributed by atoms with E-state index in [1.54, 1.807) is 0 Å². The van der Waals surface area contributed by atoms with Gasteiger partial charge in [-0.05, 0) is 24.8 Å². The Labute approximate surface area is 102 Å². The van der Waals surface area contributed by atoms with Crippen molar-refractivity contribution in [1.29, 1.82) is 0 Å². The van der Waals surface area contributed by atoms with Gasteiger partial charge in [0.15, 0.2) is 0 Å². The molecule has 0 amide bonds. The van der Waals surface area contributed by atoms with Gasteiger partial charge in [-0.2, -0.15) is 0 Å². The van der Waals surface area contributed by atoms with Crippen LogP contribution < -0.4 is 0 Å². The third-order valence-electron chi connectivity index (χ3n) is 3.05. The summed E-state index contributed by atoms with van der Waals surface area (Å²) >= 11 is 0. The molecule has 1 aliphatic carbocycles. The van der Waals surface area contributed by atoms with Gasteiger partial charge in [0.05, 0.1) is 5.60 Å². The second kappa shape index (κ2) is 5.35. The quantitative estimate of drug-likeness (QED) is 0.776. The summed E-state index contributed by atoms with van der Waals surface area (Å²) in [7, 11) is 0. The molecule has 1 atom stereocenters. The summed E-state index contributed by atoms with van der Waals surface area (Å²) in [6, 6.07) is 10.2. The molecule has 0 bridgehead atoms. The number of hydrogen-bond donors (Lipinski definition) is 2. The van der Waals surface area contributed by atoms with E-state index in [1.165, 1.54) is 5.56 Å². The van der Waals surface area contributed by atoms with E-state index in [0.29, 0.717) is 6.42 Å². The maximum Gasteiger partial charge on any atom is 0.117 e. The second-order valence-corrected chi connectivity index (χ2v) is 4.75. The van der Waals surface area contributed by atoms with E-state index in [2.05, 4.69) is 24.0 Å². The van der Waals surface area contributed by atoms with Gasteiger partial charge in [-0.1, -0.05) is 36.3 Å². The van der Waals surface area contributed by atoms with Crippen molar-refractivity contribution in [2.75, 3.05) is 0 Å². The SMILES string of the molecule is O[C@H](C#CCCc1ccccc1)CC1(O)CC1. The minimum absolute atomic E-state index is 0.394. The van der Waals surface area contributed by atoms with Crippen LogP contribution in [0.2, 0.25) is 0 Å². The predicted octanol–water partition coefficient (Wildman–Crippen LogP) is 1.90. The third-order valence-corrected chi connectivity index (χ3v) is 3.05. The first-order valence-electron chi connectivity index (χ1n) is 6.11. The highest BCUT2D eigenvalue weighted by Crippen LogP contribution is 2.39. The van der Waals surface area contributed by atoms with E-state index in [4.69, 9.17) is 0 Å². The van der Waals surface area contributed by atoms with Crippen LogP contribution in [0.5, 0.6) is 0 Å². The summed E-state index contributed by atoms with van der Waals surface area (Å²) in [5.41, 5.74) is 0.644. The van der Waals surface area contributed by atoms with Crippen LogP contribution in [0.1, 0.15) is 31.2 Å². The van der Waals surface area contributed by atoms with E-state index in [-0.39, 0.29) is 0 Å². The molecule has 17 heavy (non-hydrogen) atoms. The van der Waals surface area contributed by atoms with Crippen molar-refractivity contribution in [3.63, 3.8) is 0 Å². The van der Waals surface area contributed by atoms with Gasteiger partial charge in [0.2, 0.25) is 0 Å². The molecule has 2 nitrogen and oxygen atoms in total. The largest absolute Gasteiger partial charge is 0.390 e. The van der Waals surface area contributed by atoms with Crippen molar-refractivity contribution in [2.24, 2.45) is 0 Å². The molecule has 90 valence electrons. The molecule has 2 rings (SSSR count). The standard InChI is InChI=1S/C15H18O2/c16-14(12-15(17)10-11-15)9-5-4-8-13-6-2-1-3-7-13/h1-3,6-7,14,16-17H,4,8,10-12H2/t14-/m1/s1. The first-order valence-corrected chi connectivity index (χ1v) is 6.11. The highest BCUT2D eigenvalue weighted by atomic mass is 16.3. The summed E-state index contributed by atoms with van der Waals surface area (Å²) in [4.78, 5) is 0. The van der Waals surface area contributed by atoms with Crippen LogP contribution in [0.3, 0.4) is 0 Å². The van der Waals surface area contributed by atoms with Gasteiger partial charge in [-0.3, -0.25) is 0 Å². The normalized spacial score (nSPS) is 18.0. The molecule has 1 fully saturated rings. The highest BCUT2D eigenvalue weighted by molar-refractivity contribution is 5.17. The lowest BCUT2D eigenvalue weighted by Crippen LogP contribution is -2.16. The van der Waals surface area contributed by atoms with Gasteiger partial charge in [-0.15, -0.1) is 5.92 Å². The Morgan fingerprint density at radius 1 is 1.24 bits per heavy atom. The summed E-state index contributed by atoms with van der Waals surface area (Å²) in [5.74, 6) is 5.77. The fraction of sp³-hybridized carbons (Fsp3) is 0.467. The molecule has 0 aromatic heterocycles. The molecule has 2 N–H and O–H groups in total. The average molecular weight is 230 g/mol. The molecule has 1 saturated carbocycles. The predicted molar refractivity (Wildman–Crippen MR) is 67.3 cm³/mol. The van der Waals surface area contributed by atoms with Gasteiger partial charge in [0.1, 0.15) is 6.10 Å². The number of hydrogen-bond acceptors (Lipinski definition) is 2. The van der Waals surface area contributed by atoms with Crippen molar-refractivity contribution in [3.05, 3.63) is 35.9 Å². The summed E-state index contributed by atoms with van der Waals surface area (Å²) in [6.45, 7) is 0. The van der Waals surface area contributed by atoms with Gasteiger partial charge >= 0.3 is 0 Å². The number of aliphatic hydroxyl groups excluding tert-OH is 1. The molecule has 2 heteroatoms. The fourth-order valence-corrected chi connectivity index (χ4v) is 1.80. The molecular weight excluding hydrogens is 212 g/mol. The Hall–Kier alpha value is -1.30. The smallest absolute Gasteiger partial charge is 0.117 e. The Bertz CT molecular complexity index is 410. The fourth-order valence-electron chi connectivity index (χ4n) is 1.80. The molecule has 0 aliphatic heterocycles. The minimum Gasteiger partial charge on any atom is -0.390 e. The Kier molecular flexibility index (Phi) is 3.83. The van der Waals surface area contributed by atoms with Crippen molar-refractivity contribution in [2.45, 2.75) is 43.8 Å². The van der Waals surface area contributed by atoms with E-state index in [1.807, 2.05) is 18.2 Å². The third kappa shape index (κ3) is 4.22. The summed E-state index contributed by atoms with van der Waals surface area (Å²) in [6.07, 6.45) is 2.97. The van der Waals surface area contributed by atoms with Crippen LogP contribution in [0.25, 0.3) is 0 Å². The van der Waals surface area contributed by atoms with Crippen LogP contribution in [0.4, 0.5) is 0 Å². The van der Waals surface area contributed by atoms with Crippen molar-refractivity contribution >= 4 is 0 Å². The number of benzene rings is 1. The molecule has 0 heterocycles. The zero-order valence-corrected chi connectivity index (χ0v) is 9.89. The maximum absolute atomic E-state index is 9.61. The Morgan fingerprint density at radius 3 is 2.59 bits per heavy atom. The van der Waals surface area contributed by atoms with Crippen molar-refractivity contribution < 1.29 is 10.2 Å². The number of rotatable bonds is 4. The maximum atomic E-state index is 9.61. The molecule has 0 saturated heterocycles. The topological polar surface area (TPSA) is 40.5 Å². The van der Waals surface area contributed by atoms with E-state index in [9.17, 15) is 10.2 Å². The zero-order chi connectivity index (χ0) is 12.1. The molecule has 1 aliphatic rings. The molecule has 1 aromatic carbocycles. The number of aliphatic hydroxyl groups is 2. The molecular formula is C15H18O2. The highest BCUT2D eigenvalue weighted by Gasteiger charge is 2.41. The van der Waals surface area contributed by atoms with Crippen LogP contribution in [0, 0.1) is 11.8 Å². The van der Waals surface area contributed by atoms with Crippen LogP contribution in [0.15, 0.2) is 30.3 Å². The Balaban J connectivity index is 1.71. The van der Waals surface area contributed by atoms with E-state index in [0.717, 1.165) is 25.7 Å². The first-order chi connectivity index (χ1) is 8.18. The molecule has 0 radical (unpaired) electrons. The summed E-state index contributed by atoms with van der Waals surface area (Å²) in [5, 5.41) is 19.2. The lowest BCUT2D eigenvalue weighted by atomic mass is 10.1. The van der Waals surface area contributed by atoms with Crippen LogP contribution >= 0.6 is 0 Å². The molecule has 0 unspecified atom stereocenters. The zero-order valence-electron chi connectivity index (χ0n) is 9.89. The van der Waals surface area contributed by atoms with Gasteiger partial charge in [0.25, 0.3) is 0 Å². The van der Waals surface area contributed by atoms with E-state index >= 15 is 0 Å². The van der Waals surface area contributed by atoms with E-state index < -0.39 is 11.7 Å². The first kappa shape index (κ1) is 12.2. The lowest BCUT2D eigenvalue weighted by molar-refractivity contribution is 0.0891. The average Bonchev–Trinajstić information content (AvgIpc) is 3.04. The Morgan fingerprint density at radius 2 is 1.94 bits per heavy atom. The summed E-state index contributed by atoms with van der Waals surface area (Å²) < 4.78 is 0. The van der Waals surface area contributed by atoms with Crippen LogP contribution in [-0.2, 0) is 6.42 Å². The molecule has 0 spiro atoms.